The van der Waals surface area contributed by atoms with Crippen LogP contribution in [-0.2, 0) is 16.1 Å². The summed E-state index contributed by atoms with van der Waals surface area (Å²) in [7, 11) is 0. The Morgan fingerprint density at radius 3 is 2.38 bits per heavy atom. The van der Waals surface area contributed by atoms with Crippen molar-refractivity contribution in [3.05, 3.63) is 92.2 Å². The van der Waals surface area contributed by atoms with Gasteiger partial charge in [-0.1, -0.05) is 53.6 Å². The number of aryl methyl sites for hydroxylation is 3. The topological polar surface area (TPSA) is 90.3 Å². The van der Waals surface area contributed by atoms with Gasteiger partial charge in [0.1, 0.15) is 21.9 Å². The summed E-state index contributed by atoms with van der Waals surface area (Å²) in [5.41, 5.74) is 6.63. The van der Waals surface area contributed by atoms with Crippen LogP contribution < -0.4 is 10.9 Å². The van der Waals surface area contributed by atoms with Gasteiger partial charge in [0.2, 0.25) is 5.91 Å². The first-order valence-corrected chi connectivity index (χ1v) is 14.2. The van der Waals surface area contributed by atoms with Crippen molar-refractivity contribution < 1.29 is 14.3 Å². The third-order valence-electron chi connectivity index (χ3n) is 6.43. The fraction of sp³-hybridized carbons (Fsp3) is 0.200. The minimum absolute atomic E-state index is 0.208. The maximum Gasteiger partial charge on any atom is 0.341 e. The number of fused-ring (bicyclic) bond motifs is 1. The van der Waals surface area contributed by atoms with Crippen LogP contribution in [0.3, 0.4) is 0 Å². The average Bonchev–Trinajstić information content (AvgIpc) is 3.51. The van der Waals surface area contributed by atoms with Crippen LogP contribution in [0.25, 0.3) is 32.5 Å². The molecule has 5 aromatic rings. The van der Waals surface area contributed by atoms with Gasteiger partial charge < -0.3 is 10.1 Å². The highest BCUT2D eigenvalue weighted by atomic mass is 32.1. The van der Waals surface area contributed by atoms with Crippen molar-refractivity contribution in [2.75, 3.05) is 11.9 Å². The van der Waals surface area contributed by atoms with Gasteiger partial charge in [-0.15, -0.1) is 22.7 Å². The summed E-state index contributed by atoms with van der Waals surface area (Å²) < 4.78 is 6.60. The molecule has 5 rings (SSSR count). The molecular weight excluding hydrogens is 530 g/mol. The van der Waals surface area contributed by atoms with Crippen molar-refractivity contribution in [3.8, 4) is 22.3 Å². The standard InChI is InChI=1S/C30H27N3O4S2/c1-5-37-30(36)26-22(20-9-6-17(2)7-10-20)14-39-28(26)32-24(34)13-33-16-31-27-25(29(33)35)23(15-38-27)21-11-8-18(3)12-19(21)4/h6-12,14-16H,5,13H2,1-4H3,(H,32,34). The van der Waals surface area contributed by atoms with Gasteiger partial charge in [0.25, 0.3) is 5.56 Å². The van der Waals surface area contributed by atoms with Gasteiger partial charge in [-0.25, -0.2) is 9.78 Å². The van der Waals surface area contributed by atoms with Crippen molar-refractivity contribution in [2.45, 2.75) is 34.2 Å². The Morgan fingerprint density at radius 2 is 1.67 bits per heavy atom. The molecule has 198 valence electrons. The molecule has 0 aliphatic heterocycles. The molecule has 1 amide bonds. The summed E-state index contributed by atoms with van der Waals surface area (Å²) >= 11 is 2.65. The van der Waals surface area contributed by atoms with Crippen molar-refractivity contribution in [1.29, 1.82) is 0 Å². The summed E-state index contributed by atoms with van der Waals surface area (Å²) in [5, 5.41) is 7.46. The number of ether oxygens (including phenoxy) is 1. The number of nitrogens with zero attached hydrogens (tertiary/aromatic N) is 2. The van der Waals surface area contributed by atoms with Gasteiger partial charge in [0.15, 0.2) is 0 Å². The molecule has 0 radical (unpaired) electrons. The average molecular weight is 558 g/mol. The first-order chi connectivity index (χ1) is 18.8. The summed E-state index contributed by atoms with van der Waals surface area (Å²) in [5.74, 6) is -0.953. The zero-order valence-corrected chi connectivity index (χ0v) is 23.7. The van der Waals surface area contributed by atoms with E-state index in [4.69, 9.17) is 4.74 Å². The predicted molar refractivity (Wildman–Crippen MR) is 158 cm³/mol. The maximum atomic E-state index is 13.5. The molecule has 0 bridgehead atoms. The van der Waals surface area contributed by atoms with Crippen LogP contribution in [0, 0.1) is 20.8 Å². The summed E-state index contributed by atoms with van der Waals surface area (Å²) in [6.45, 7) is 7.73. The Kier molecular flexibility index (Phi) is 7.45. The van der Waals surface area contributed by atoms with Gasteiger partial charge in [-0.05, 0) is 44.4 Å². The first kappa shape index (κ1) is 26.5. The van der Waals surface area contributed by atoms with Gasteiger partial charge >= 0.3 is 5.97 Å². The molecule has 9 heteroatoms. The number of benzene rings is 2. The molecule has 0 saturated carbocycles. The van der Waals surface area contributed by atoms with Crippen LogP contribution in [0.15, 0.2) is 64.3 Å². The molecule has 39 heavy (non-hydrogen) atoms. The number of amides is 1. The number of carbonyl (C=O) groups is 2. The Morgan fingerprint density at radius 1 is 0.949 bits per heavy atom. The van der Waals surface area contributed by atoms with E-state index in [-0.39, 0.29) is 18.7 Å². The number of hydrogen-bond acceptors (Lipinski definition) is 7. The second-order valence-corrected chi connectivity index (χ2v) is 11.1. The lowest BCUT2D eigenvalue weighted by Crippen LogP contribution is -2.28. The lowest BCUT2D eigenvalue weighted by Gasteiger charge is -2.10. The van der Waals surface area contributed by atoms with Crippen LogP contribution in [0.2, 0.25) is 0 Å². The predicted octanol–water partition coefficient (Wildman–Crippen LogP) is 6.59. The third-order valence-corrected chi connectivity index (χ3v) is 8.21. The van der Waals surface area contributed by atoms with E-state index >= 15 is 0 Å². The van der Waals surface area contributed by atoms with Crippen LogP contribution in [0.4, 0.5) is 5.00 Å². The molecule has 0 atom stereocenters. The molecule has 2 aromatic carbocycles. The number of anilines is 1. The highest BCUT2D eigenvalue weighted by molar-refractivity contribution is 7.17. The zero-order chi connectivity index (χ0) is 27.7. The van der Waals surface area contributed by atoms with Gasteiger partial charge in [-0.2, -0.15) is 0 Å². The molecule has 0 aliphatic rings. The minimum atomic E-state index is -0.513. The highest BCUT2D eigenvalue weighted by Gasteiger charge is 2.23. The SMILES string of the molecule is CCOC(=O)c1c(-c2ccc(C)cc2)csc1NC(=O)Cn1cnc2scc(-c3ccc(C)cc3C)c2c1=O. The van der Waals surface area contributed by atoms with E-state index in [9.17, 15) is 14.4 Å². The first-order valence-electron chi connectivity index (χ1n) is 12.5. The lowest BCUT2D eigenvalue weighted by molar-refractivity contribution is -0.116. The van der Waals surface area contributed by atoms with E-state index in [2.05, 4.69) is 16.4 Å². The largest absolute Gasteiger partial charge is 0.462 e. The number of rotatable bonds is 7. The van der Waals surface area contributed by atoms with Gasteiger partial charge in [0, 0.05) is 21.9 Å². The zero-order valence-electron chi connectivity index (χ0n) is 22.0. The number of carbonyl (C=O) groups excluding carboxylic acids is 2. The van der Waals surface area contributed by atoms with Crippen molar-refractivity contribution >= 4 is 49.8 Å². The third kappa shape index (κ3) is 5.28. The van der Waals surface area contributed by atoms with Crippen LogP contribution >= 0.6 is 22.7 Å². The Bertz CT molecular complexity index is 1760. The van der Waals surface area contributed by atoms with E-state index in [1.807, 2.05) is 67.9 Å². The van der Waals surface area contributed by atoms with E-state index in [0.29, 0.717) is 26.3 Å². The van der Waals surface area contributed by atoms with E-state index in [0.717, 1.165) is 33.4 Å². The number of hydrogen-bond donors (Lipinski definition) is 1. The summed E-state index contributed by atoms with van der Waals surface area (Å²) in [6.07, 6.45) is 1.39. The molecule has 0 aliphatic carbocycles. The Hall–Kier alpha value is -4.08. The number of aromatic nitrogens is 2. The van der Waals surface area contributed by atoms with Gasteiger partial charge in [0.05, 0.1) is 18.3 Å². The number of nitrogens with one attached hydrogen (secondary N) is 1. The highest BCUT2D eigenvalue weighted by Crippen LogP contribution is 2.37. The van der Waals surface area contributed by atoms with Crippen molar-refractivity contribution in [2.24, 2.45) is 0 Å². The molecule has 3 heterocycles. The second-order valence-electron chi connectivity index (χ2n) is 9.31. The van der Waals surface area contributed by atoms with Crippen LogP contribution in [0.1, 0.15) is 34.0 Å². The van der Waals surface area contributed by atoms with Gasteiger partial charge in [-0.3, -0.25) is 14.2 Å². The molecule has 3 aromatic heterocycles. The molecule has 0 spiro atoms. The summed E-state index contributed by atoms with van der Waals surface area (Å²) in [6, 6.07) is 13.9. The van der Waals surface area contributed by atoms with E-state index < -0.39 is 11.9 Å². The quantitative estimate of drug-likeness (QED) is 0.228. The Labute approximate surface area is 233 Å². The molecule has 0 fully saturated rings. The van der Waals surface area contributed by atoms with E-state index in [1.54, 1.807) is 6.92 Å². The summed E-state index contributed by atoms with van der Waals surface area (Å²) in [4.78, 5) is 44.6. The minimum Gasteiger partial charge on any atom is -0.462 e. The number of thiophene rings is 2. The number of esters is 1. The normalized spacial score (nSPS) is 11.1. The van der Waals surface area contributed by atoms with Crippen LogP contribution in [0.5, 0.6) is 0 Å². The molecular formula is C30H27N3O4S2. The molecule has 0 saturated heterocycles. The van der Waals surface area contributed by atoms with Crippen molar-refractivity contribution in [1.82, 2.24) is 9.55 Å². The lowest BCUT2D eigenvalue weighted by atomic mass is 9.99. The second kappa shape index (κ2) is 11.0. The van der Waals surface area contributed by atoms with E-state index in [1.165, 1.54) is 33.6 Å². The molecule has 7 nitrogen and oxygen atoms in total. The molecule has 0 unspecified atom stereocenters. The van der Waals surface area contributed by atoms with Crippen molar-refractivity contribution in [3.63, 3.8) is 0 Å². The fourth-order valence-electron chi connectivity index (χ4n) is 4.52. The molecule has 1 N–H and O–H groups in total. The van der Waals surface area contributed by atoms with Crippen LogP contribution in [-0.4, -0.2) is 28.0 Å². The maximum absolute atomic E-state index is 13.5. The smallest absolute Gasteiger partial charge is 0.341 e. The fourth-order valence-corrected chi connectivity index (χ4v) is 6.39. The Balaban J connectivity index is 1.46. The monoisotopic (exact) mass is 557 g/mol.